The first-order valence-electron chi connectivity index (χ1n) is 16.0. The number of carboxylic acids is 2. The van der Waals surface area contributed by atoms with Gasteiger partial charge in [0.1, 0.15) is 0 Å². The number of aliphatic carboxylic acids is 2. The van der Waals surface area contributed by atoms with Crippen LogP contribution in [-0.4, -0.2) is 46.8 Å². The van der Waals surface area contributed by atoms with E-state index in [-0.39, 0.29) is 23.0 Å². The average molecular weight is 611 g/mol. The number of carbonyl (C=O) groups is 2. The molecule has 2 N–H and O–H groups in total. The molecule has 5 nitrogen and oxygen atoms in total. The van der Waals surface area contributed by atoms with E-state index in [2.05, 4.69) is 13.8 Å². The Morgan fingerprint density at radius 2 is 1.46 bits per heavy atom. The number of rotatable bonds is 7. The second-order valence-electron chi connectivity index (χ2n) is 12.4. The monoisotopic (exact) mass is 610 g/mol. The van der Waals surface area contributed by atoms with E-state index in [9.17, 15) is 22.8 Å². The van der Waals surface area contributed by atoms with Crippen LogP contribution in [0.25, 0.3) is 0 Å². The number of thiol groups is 1. The predicted octanol–water partition coefficient (Wildman–Crippen LogP) is 9.15. The van der Waals surface area contributed by atoms with Gasteiger partial charge < -0.3 is 14.9 Å². The first kappa shape index (κ1) is 38.1. The molecule has 242 valence electrons. The number of ether oxygens (including phenoxy) is 1. The first-order chi connectivity index (χ1) is 19.2. The molecule has 0 aliphatic heterocycles. The van der Waals surface area contributed by atoms with Crippen molar-refractivity contribution in [2.45, 2.75) is 130 Å². The van der Waals surface area contributed by atoms with Crippen molar-refractivity contribution in [2.24, 2.45) is 46.8 Å². The largest absolute Gasteiger partial charge is 0.481 e. The van der Waals surface area contributed by atoms with Gasteiger partial charge in [0.25, 0.3) is 0 Å². The predicted molar refractivity (Wildman–Crippen MR) is 161 cm³/mol. The third-order valence-corrected chi connectivity index (χ3v) is 11.9. The van der Waals surface area contributed by atoms with Crippen molar-refractivity contribution in [3.8, 4) is 0 Å². The minimum Gasteiger partial charge on any atom is -0.481 e. The summed E-state index contributed by atoms with van der Waals surface area (Å²) in [6.45, 7) is 13.6. The van der Waals surface area contributed by atoms with Gasteiger partial charge >= 0.3 is 18.1 Å². The van der Waals surface area contributed by atoms with Crippen LogP contribution in [0.2, 0.25) is 0 Å². The zero-order chi connectivity index (χ0) is 31.6. The zero-order valence-electron chi connectivity index (χ0n) is 26.4. The summed E-state index contributed by atoms with van der Waals surface area (Å²) < 4.78 is 45.3. The van der Waals surface area contributed by atoms with Crippen LogP contribution in [-0.2, 0) is 14.3 Å². The Balaban J connectivity index is 0.000000601. The molecule has 4 aliphatic carbocycles. The van der Waals surface area contributed by atoms with E-state index in [1.54, 1.807) is 7.11 Å². The molecule has 4 aliphatic rings. The Morgan fingerprint density at radius 3 is 1.98 bits per heavy atom. The Bertz CT molecular complexity index is 795. The Morgan fingerprint density at radius 1 is 0.902 bits per heavy atom. The van der Waals surface area contributed by atoms with Gasteiger partial charge in [0.2, 0.25) is 0 Å². The normalized spacial score (nSPS) is 36.3. The van der Waals surface area contributed by atoms with E-state index in [0.717, 1.165) is 32.3 Å². The quantitative estimate of drug-likeness (QED) is 0.250. The fourth-order valence-electron chi connectivity index (χ4n) is 8.76. The molecule has 0 heterocycles. The second-order valence-corrected chi connectivity index (χ2v) is 13.2. The molecule has 9 heteroatoms. The summed E-state index contributed by atoms with van der Waals surface area (Å²) in [6.07, 6.45) is 5.01. The number of methoxy groups -OCH3 is 1. The van der Waals surface area contributed by atoms with Gasteiger partial charge in [-0.3, -0.25) is 9.59 Å². The molecule has 0 radical (unpaired) electrons. The van der Waals surface area contributed by atoms with Crippen molar-refractivity contribution in [1.82, 2.24) is 0 Å². The van der Waals surface area contributed by atoms with E-state index in [4.69, 9.17) is 27.6 Å². The summed E-state index contributed by atoms with van der Waals surface area (Å²) in [4.78, 5) is 19.3. The highest BCUT2D eigenvalue weighted by atomic mass is 32.1. The van der Waals surface area contributed by atoms with Gasteiger partial charge in [-0.2, -0.15) is 25.8 Å². The maximum Gasteiger partial charge on any atom is 0.391 e. The van der Waals surface area contributed by atoms with Crippen LogP contribution in [0.1, 0.15) is 119 Å². The number of hydrogen-bond acceptors (Lipinski definition) is 4. The third-order valence-electron chi connectivity index (χ3n) is 10.8. The summed E-state index contributed by atoms with van der Waals surface area (Å²) in [5.74, 6) is 0.238. The van der Waals surface area contributed by atoms with Crippen LogP contribution in [0.15, 0.2) is 0 Å². The molecule has 0 saturated heterocycles. The lowest BCUT2D eigenvalue weighted by Crippen LogP contribution is -2.54. The second kappa shape index (κ2) is 16.8. The smallest absolute Gasteiger partial charge is 0.391 e. The highest BCUT2D eigenvalue weighted by molar-refractivity contribution is 7.81. The van der Waals surface area contributed by atoms with E-state index in [1.165, 1.54) is 25.7 Å². The maximum atomic E-state index is 13.3. The van der Waals surface area contributed by atoms with Crippen LogP contribution < -0.4 is 0 Å². The highest BCUT2D eigenvalue weighted by Crippen LogP contribution is 2.69. The van der Waals surface area contributed by atoms with Gasteiger partial charge in [-0.05, 0) is 105 Å². The summed E-state index contributed by atoms with van der Waals surface area (Å²) in [6, 6.07) is 0. The van der Waals surface area contributed by atoms with Gasteiger partial charge in [-0.25, -0.2) is 0 Å². The van der Waals surface area contributed by atoms with Crippen LogP contribution in [0.5, 0.6) is 0 Å². The van der Waals surface area contributed by atoms with Crippen molar-refractivity contribution in [1.29, 1.82) is 0 Å². The van der Waals surface area contributed by atoms with Crippen molar-refractivity contribution in [2.75, 3.05) is 13.7 Å². The Labute approximate surface area is 252 Å². The molecule has 0 bridgehead atoms. The molecule has 0 aromatic heterocycles. The summed E-state index contributed by atoms with van der Waals surface area (Å²) in [5.41, 5.74) is 0.250. The lowest BCUT2D eigenvalue weighted by Gasteiger charge is -2.58. The molecule has 0 aromatic carbocycles. The van der Waals surface area contributed by atoms with E-state index < -0.39 is 24.0 Å². The summed E-state index contributed by atoms with van der Waals surface area (Å²) in [7, 11) is 1.77. The Hall–Kier alpha value is -0.960. The zero-order valence-corrected chi connectivity index (χ0v) is 27.3. The SMILES string of the molecule is CC.CC.COCC[C@@H](C)C1(S)CCC2C3CCC4CC(C(F)(F)F)CCC4C3CCC21C.O=C(O)CCC(=O)O. The molecule has 0 amide bonds. The van der Waals surface area contributed by atoms with Gasteiger partial charge in [0.05, 0.1) is 18.8 Å². The van der Waals surface area contributed by atoms with Crippen LogP contribution in [0.4, 0.5) is 13.2 Å². The van der Waals surface area contributed by atoms with Crippen LogP contribution >= 0.6 is 12.6 Å². The molecule has 4 rings (SSSR count). The van der Waals surface area contributed by atoms with Gasteiger partial charge in [-0.15, -0.1) is 0 Å². The fraction of sp³-hybridized carbons (Fsp3) is 0.938. The molecule has 0 aromatic rings. The molecule has 41 heavy (non-hydrogen) atoms. The van der Waals surface area contributed by atoms with Crippen LogP contribution in [0.3, 0.4) is 0 Å². The molecular weight excluding hydrogens is 553 g/mol. The Kier molecular flexibility index (Phi) is 15.6. The van der Waals surface area contributed by atoms with Gasteiger partial charge in [0.15, 0.2) is 0 Å². The van der Waals surface area contributed by atoms with Crippen LogP contribution in [0, 0.1) is 46.8 Å². The number of carboxylic acid groups (broad SMARTS) is 2. The van der Waals surface area contributed by atoms with Crippen molar-refractivity contribution >= 4 is 24.6 Å². The average Bonchev–Trinajstić information content (AvgIpc) is 3.23. The first-order valence-corrected chi connectivity index (χ1v) is 16.4. The lowest BCUT2D eigenvalue weighted by molar-refractivity contribution is -0.196. The van der Waals surface area contributed by atoms with Crippen molar-refractivity contribution < 1.29 is 37.7 Å². The molecule has 9 atom stereocenters. The number of alkyl halides is 3. The fourth-order valence-corrected chi connectivity index (χ4v) is 9.29. The van der Waals surface area contributed by atoms with E-state index >= 15 is 0 Å². The van der Waals surface area contributed by atoms with E-state index in [0.29, 0.717) is 48.3 Å². The van der Waals surface area contributed by atoms with Crippen molar-refractivity contribution in [3.63, 3.8) is 0 Å². The van der Waals surface area contributed by atoms with Crippen molar-refractivity contribution in [3.05, 3.63) is 0 Å². The highest BCUT2D eigenvalue weighted by Gasteiger charge is 2.63. The minimum absolute atomic E-state index is 0.0615. The number of hydrogen-bond donors (Lipinski definition) is 3. The molecule has 4 saturated carbocycles. The molecule has 8 unspecified atom stereocenters. The van der Waals surface area contributed by atoms with Gasteiger partial charge in [-0.1, -0.05) is 41.5 Å². The number of halogens is 3. The molecule has 4 fully saturated rings. The number of fused-ring (bicyclic) bond motifs is 5. The third kappa shape index (κ3) is 9.02. The topological polar surface area (TPSA) is 83.8 Å². The minimum atomic E-state index is -4.00. The molecule has 0 spiro atoms. The standard InChI is InChI=1S/C24H39F3OS.C4H6O4.2C2H6/c1-15(10-13-28-3)23(29)12-9-21-20-6-4-16-14-17(24(25,26)27)5-7-18(16)19(20)8-11-22(21,23)2;5-3(6)1-2-4(7)8;2*1-2/h15-21,29H,4-14H2,1-3H3;1-2H2,(H,5,6)(H,7,8);2*1-2H3/t15-,16?,17?,18?,19?,20?,21?,22?,23?;;;/m1.../s1. The van der Waals surface area contributed by atoms with Gasteiger partial charge in [0, 0.05) is 18.5 Å². The lowest BCUT2D eigenvalue weighted by atomic mass is 9.48. The van der Waals surface area contributed by atoms with E-state index in [1.807, 2.05) is 27.7 Å². The molecular formula is C32H57F3O5S. The summed E-state index contributed by atoms with van der Waals surface area (Å²) in [5, 5.41) is 15.8. The maximum absolute atomic E-state index is 13.3. The summed E-state index contributed by atoms with van der Waals surface area (Å²) >= 11 is 5.37.